The highest BCUT2D eigenvalue weighted by molar-refractivity contribution is 6.05. The average Bonchev–Trinajstić information content (AvgIpc) is 2.72. The van der Waals surface area contributed by atoms with Crippen LogP contribution in [0.3, 0.4) is 0 Å². The number of hydrogen-bond acceptors (Lipinski definition) is 2. The van der Waals surface area contributed by atoms with Crippen LogP contribution in [0.5, 0.6) is 0 Å². The molecule has 0 saturated carbocycles. The molecule has 34 heavy (non-hydrogen) atoms. The number of rotatable bonds is 6. The van der Waals surface area contributed by atoms with Crippen molar-refractivity contribution >= 4 is 11.6 Å². The summed E-state index contributed by atoms with van der Waals surface area (Å²) >= 11 is 0. The van der Waals surface area contributed by atoms with Gasteiger partial charge in [-0.25, -0.2) is 8.78 Å². The fourth-order valence-electron chi connectivity index (χ4n) is 3.27. The summed E-state index contributed by atoms with van der Waals surface area (Å²) in [6.07, 6.45) is -13.8. The van der Waals surface area contributed by atoms with Crippen molar-refractivity contribution in [3.63, 3.8) is 0 Å². The average molecular weight is 504 g/mol. The Kier molecular flexibility index (Phi) is 7.32. The van der Waals surface area contributed by atoms with Gasteiger partial charge in [-0.3, -0.25) is 4.79 Å². The molecule has 0 radical (unpaired) electrons. The Morgan fingerprint density at radius 1 is 0.912 bits per heavy atom. The molecule has 0 aliphatic rings. The first-order chi connectivity index (χ1) is 15.4. The van der Waals surface area contributed by atoms with Gasteiger partial charge in [-0.15, -0.1) is 0 Å². The van der Waals surface area contributed by atoms with Gasteiger partial charge < -0.3 is 11.1 Å². The molecular weight excluding hydrogens is 486 g/mol. The molecule has 0 fully saturated rings. The fourth-order valence-corrected chi connectivity index (χ4v) is 3.27. The van der Waals surface area contributed by atoms with Crippen molar-refractivity contribution in [1.82, 2.24) is 0 Å². The van der Waals surface area contributed by atoms with Gasteiger partial charge in [0.2, 0.25) is 0 Å². The van der Waals surface area contributed by atoms with E-state index in [2.05, 4.69) is 5.32 Å². The number of nitrogens with one attached hydrogen (secondary N) is 1. The van der Waals surface area contributed by atoms with Crippen LogP contribution < -0.4 is 11.1 Å². The zero-order chi connectivity index (χ0) is 26.3. The van der Waals surface area contributed by atoms with E-state index in [0.29, 0.717) is 0 Å². The summed E-state index contributed by atoms with van der Waals surface area (Å²) in [6.45, 7) is 2.11. The number of halogens is 10. The zero-order valence-corrected chi connectivity index (χ0v) is 17.6. The van der Waals surface area contributed by atoms with Crippen LogP contribution >= 0.6 is 0 Å². The van der Waals surface area contributed by atoms with Gasteiger partial charge in [0.25, 0.3) is 5.91 Å². The van der Waals surface area contributed by atoms with E-state index in [1.165, 1.54) is 19.1 Å². The lowest BCUT2D eigenvalue weighted by atomic mass is 9.85. The second-order valence-corrected chi connectivity index (χ2v) is 7.37. The summed E-state index contributed by atoms with van der Waals surface area (Å²) in [4.78, 5) is 12.5. The lowest BCUT2D eigenvalue weighted by Crippen LogP contribution is -2.59. The standard InChI is InChI=1S/C21H18F10N2O/c1-3-11-7-14(18(23,20(26,27)28)19(24,25)21(29,30)31)6-10(2)16(11)33-17(34)12-4-5-13(9-32)15(22)8-12/h4-8H,3,9,32H2,1-2H3,(H,33,34). The molecule has 0 saturated heterocycles. The number of alkyl halides is 9. The fraction of sp³-hybridized carbons (Fsp3) is 0.381. The first-order valence-corrected chi connectivity index (χ1v) is 9.56. The van der Waals surface area contributed by atoms with Gasteiger partial charge in [0.1, 0.15) is 5.82 Å². The number of carbonyl (C=O) groups is 1. The number of aryl methyl sites for hydroxylation is 2. The first-order valence-electron chi connectivity index (χ1n) is 9.56. The molecule has 0 aliphatic heterocycles. The lowest BCUT2D eigenvalue weighted by molar-refractivity contribution is -0.389. The number of benzene rings is 2. The summed E-state index contributed by atoms with van der Waals surface area (Å²) in [6, 6.07) is 3.57. The minimum atomic E-state index is -6.86. The van der Waals surface area contributed by atoms with Crippen LogP contribution in [0.15, 0.2) is 30.3 Å². The van der Waals surface area contributed by atoms with Crippen molar-refractivity contribution in [2.45, 2.75) is 50.8 Å². The molecule has 2 rings (SSSR count). The molecule has 13 heteroatoms. The van der Waals surface area contributed by atoms with E-state index in [1.807, 2.05) is 0 Å². The second-order valence-electron chi connectivity index (χ2n) is 7.37. The van der Waals surface area contributed by atoms with Crippen molar-refractivity contribution in [2.75, 3.05) is 5.32 Å². The van der Waals surface area contributed by atoms with Crippen LogP contribution in [0.25, 0.3) is 0 Å². The highest BCUT2D eigenvalue weighted by atomic mass is 19.4. The van der Waals surface area contributed by atoms with Gasteiger partial charge in [0.05, 0.1) is 0 Å². The number of anilines is 1. The summed E-state index contributed by atoms with van der Waals surface area (Å²) in [5, 5.41) is 2.25. The van der Waals surface area contributed by atoms with E-state index >= 15 is 0 Å². The number of amides is 1. The third kappa shape index (κ3) is 4.57. The van der Waals surface area contributed by atoms with Crippen LogP contribution in [0.4, 0.5) is 49.6 Å². The molecule has 1 atom stereocenters. The summed E-state index contributed by atoms with van der Waals surface area (Å²) in [7, 11) is 0. The third-order valence-electron chi connectivity index (χ3n) is 5.15. The highest BCUT2D eigenvalue weighted by Crippen LogP contribution is 2.58. The molecule has 2 aromatic carbocycles. The minimum absolute atomic E-state index is 0.0864. The predicted molar refractivity (Wildman–Crippen MR) is 103 cm³/mol. The van der Waals surface area contributed by atoms with E-state index in [4.69, 9.17) is 5.73 Å². The SMILES string of the molecule is CCc1cc(C(F)(C(F)(F)F)C(F)(F)C(F)(F)F)cc(C)c1NC(=O)c1ccc(CN)c(F)c1. The molecule has 0 bridgehead atoms. The normalized spacial score (nSPS) is 14.6. The monoisotopic (exact) mass is 504 g/mol. The molecule has 0 spiro atoms. The van der Waals surface area contributed by atoms with Gasteiger partial charge >= 0.3 is 23.9 Å². The van der Waals surface area contributed by atoms with Crippen LogP contribution in [-0.2, 0) is 18.6 Å². The Hall–Kier alpha value is -2.83. The maximum absolute atomic E-state index is 14.8. The van der Waals surface area contributed by atoms with Gasteiger partial charge in [-0.05, 0) is 42.7 Å². The zero-order valence-electron chi connectivity index (χ0n) is 17.6. The highest BCUT2D eigenvalue weighted by Gasteiger charge is 2.81. The maximum Gasteiger partial charge on any atom is 0.457 e. The van der Waals surface area contributed by atoms with Crippen LogP contribution in [-0.4, -0.2) is 24.2 Å². The molecule has 1 unspecified atom stereocenters. The van der Waals surface area contributed by atoms with Crippen molar-refractivity contribution < 1.29 is 48.7 Å². The lowest BCUT2D eigenvalue weighted by Gasteiger charge is -2.36. The van der Waals surface area contributed by atoms with Crippen molar-refractivity contribution in [3.05, 3.63) is 64.0 Å². The van der Waals surface area contributed by atoms with Gasteiger partial charge in [0, 0.05) is 28.9 Å². The van der Waals surface area contributed by atoms with E-state index in [9.17, 15) is 48.7 Å². The molecule has 0 aromatic heterocycles. The maximum atomic E-state index is 14.8. The summed E-state index contributed by atoms with van der Waals surface area (Å²) in [5.74, 6) is -8.60. The molecular formula is C21H18F10N2O. The van der Waals surface area contributed by atoms with E-state index in [1.54, 1.807) is 0 Å². The minimum Gasteiger partial charge on any atom is -0.326 e. The number of hydrogen-bond donors (Lipinski definition) is 2. The van der Waals surface area contributed by atoms with Crippen molar-refractivity contribution in [2.24, 2.45) is 5.73 Å². The summed E-state index contributed by atoms with van der Waals surface area (Å²) in [5.41, 5.74) is -3.94. The van der Waals surface area contributed by atoms with Crippen molar-refractivity contribution in [3.8, 4) is 0 Å². The van der Waals surface area contributed by atoms with Gasteiger partial charge in [0.15, 0.2) is 0 Å². The van der Waals surface area contributed by atoms with Crippen LogP contribution in [0.2, 0.25) is 0 Å². The second kappa shape index (κ2) is 9.08. The van der Waals surface area contributed by atoms with Crippen molar-refractivity contribution in [1.29, 1.82) is 0 Å². The Balaban J connectivity index is 2.61. The molecule has 1 amide bonds. The molecule has 2 aromatic rings. The van der Waals surface area contributed by atoms with Crippen LogP contribution in [0.1, 0.15) is 39.5 Å². The van der Waals surface area contributed by atoms with E-state index in [0.717, 1.165) is 13.0 Å². The molecule has 188 valence electrons. The van der Waals surface area contributed by atoms with Gasteiger partial charge in [-0.1, -0.05) is 19.1 Å². The number of nitrogens with two attached hydrogens (primary N) is 1. The Bertz CT molecular complexity index is 1080. The third-order valence-corrected chi connectivity index (χ3v) is 5.15. The predicted octanol–water partition coefficient (Wildman–Crippen LogP) is 6.33. The molecule has 3 N–H and O–H groups in total. The van der Waals surface area contributed by atoms with Gasteiger partial charge in [-0.2, -0.15) is 35.1 Å². The number of carbonyl (C=O) groups excluding carboxylic acids is 1. The van der Waals surface area contributed by atoms with E-state index < -0.39 is 46.8 Å². The smallest absolute Gasteiger partial charge is 0.326 e. The Labute approximate surface area is 186 Å². The Morgan fingerprint density at radius 2 is 1.50 bits per heavy atom. The first kappa shape index (κ1) is 27.4. The molecule has 3 nitrogen and oxygen atoms in total. The largest absolute Gasteiger partial charge is 0.457 e. The summed E-state index contributed by atoms with van der Waals surface area (Å²) < 4.78 is 135. The molecule has 0 aliphatic carbocycles. The molecule has 0 heterocycles. The van der Waals surface area contributed by atoms with E-state index in [-0.39, 0.29) is 47.5 Å². The topological polar surface area (TPSA) is 55.1 Å². The Morgan fingerprint density at radius 3 is 1.94 bits per heavy atom. The van der Waals surface area contributed by atoms with Crippen LogP contribution in [0, 0.1) is 12.7 Å². The quantitative estimate of drug-likeness (QED) is 0.452.